The second-order valence-corrected chi connectivity index (χ2v) is 4.97. The summed E-state index contributed by atoms with van der Waals surface area (Å²) < 4.78 is 3.34. The first kappa shape index (κ1) is 12.8. The standard InChI is InChI=1S/C12H17N7O/c20-12(9-18-10-13-15-16-18)19-7-2-1-4-11(19)8-17-6-3-5-14-17/h3,5-6,10-11H,1-2,4,7-9H2. The summed E-state index contributed by atoms with van der Waals surface area (Å²) in [6.45, 7) is 1.74. The number of tetrazole rings is 1. The zero-order chi connectivity index (χ0) is 13.8. The Labute approximate surface area is 116 Å². The van der Waals surface area contributed by atoms with Gasteiger partial charge in [0.2, 0.25) is 5.91 Å². The molecule has 0 bridgehead atoms. The molecule has 1 amide bonds. The molecular weight excluding hydrogens is 258 g/mol. The van der Waals surface area contributed by atoms with Crippen LogP contribution in [-0.4, -0.2) is 53.4 Å². The molecule has 0 N–H and O–H groups in total. The van der Waals surface area contributed by atoms with Crippen LogP contribution in [0.3, 0.4) is 0 Å². The van der Waals surface area contributed by atoms with Crippen molar-refractivity contribution in [2.75, 3.05) is 6.54 Å². The third kappa shape index (κ3) is 2.84. The summed E-state index contributed by atoms with van der Waals surface area (Å²) in [5.41, 5.74) is 0. The van der Waals surface area contributed by atoms with E-state index in [-0.39, 0.29) is 18.5 Å². The molecule has 0 aromatic carbocycles. The van der Waals surface area contributed by atoms with Crippen LogP contribution in [0.5, 0.6) is 0 Å². The van der Waals surface area contributed by atoms with Crippen molar-refractivity contribution in [3.8, 4) is 0 Å². The van der Waals surface area contributed by atoms with Crippen molar-refractivity contribution in [1.82, 2.24) is 34.9 Å². The predicted molar refractivity (Wildman–Crippen MR) is 69.4 cm³/mol. The predicted octanol–water partition coefficient (Wildman–Crippen LogP) is -0.0491. The van der Waals surface area contributed by atoms with E-state index in [1.807, 2.05) is 21.8 Å². The van der Waals surface area contributed by atoms with Crippen LogP contribution >= 0.6 is 0 Å². The van der Waals surface area contributed by atoms with Gasteiger partial charge in [0.25, 0.3) is 0 Å². The molecule has 1 saturated heterocycles. The van der Waals surface area contributed by atoms with Crippen LogP contribution in [0.25, 0.3) is 0 Å². The van der Waals surface area contributed by atoms with E-state index < -0.39 is 0 Å². The largest absolute Gasteiger partial charge is 0.336 e. The van der Waals surface area contributed by atoms with Crippen molar-refractivity contribution in [3.63, 3.8) is 0 Å². The normalized spacial score (nSPS) is 19.2. The number of piperidine rings is 1. The van der Waals surface area contributed by atoms with Gasteiger partial charge in [0.05, 0.1) is 12.6 Å². The Bertz CT molecular complexity index is 536. The lowest BCUT2D eigenvalue weighted by molar-refractivity contribution is -0.136. The molecule has 0 spiro atoms. The number of nitrogens with zero attached hydrogens (tertiary/aromatic N) is 7. The van der Waals surface area contributed by atoms with E-state index in [0.29, 0.717) is 0 Å². The minimum Gasteiger partial charge on any atom is -0.336 e. The van der Waals surface area contributed by atoms with Crippen LogP contribution in [0.15, 0.2) is 24.8 Å². The Morgan fingerprint density at radius 1 is 1.30 bits per heavy atom. The summed E-state index contributed by atoms with van der Waals surface area (Å²) >= 11 is 0. The molecule has 3 heterocycles. The fraction of sp³-hybridized carbons (Fsp3) is 0.583. The molecule has 2 aromatic heterocycles. The van der Waals surface area contributed by atoms with E-state index in [1.165, 1.54) is 11.0 Å². The molecule has 8 nitrogen and oxygen atoms in total. The van der Waals surface area contributed by atoms with Crippen molar-refractivity contribution < 1.29 is 4.79 Å². The first-order valence-electron chi connectivity index (χ1n) is 6.80. The summed E-state index contributed by atoms with van der Waals surface area (Å²) in [5.74, 6) is 0.0640. The number of likely N-dealkylation sites (tertiary alicyclic amines) is 1. The van der Waals surface area contributed by atoms with Crippen LogP contribution < -0.4 is 0 Å². The first-order valence-corrected chi connectivity index (χ1v) is 6.80. The van der Waals surface area contributed by atoms with Crippen LogP contribution in [-0.2, 0) is 17.9 Å². The number of hydrogen-bond acceptors (Lipinski definition) is 5. The highest BCUT2D eigenvalue weighted by molar-refractivity contribution is 5.76. The molecule has 2 aromatic rings. The van der Waals surface area contributed by atoms with Crippen molar-refractivity contribution in [2.45, 2.75) is 38.4 Å². The molecule has 0 saturated carbocycles. The zero-order valence-electron chi connectivity index (χ0n) is 11.2. The van der Waals surface area contributed by atoms with Crippen molar-refractivity contribution in [1.29, 1.82) is 0 Å². The minimum absolute atomic E-state index is 0.0640. The van der Waals surface area contributed by atoms with Crippen molar-refractivity contribution in [3.05, 3.63) is 24.8 Å². The molecule has 1 fully saturated rings. The number of carbonyl (C=O) groups is 1. The number of rotatable bonds is 4. The summed E-state index contributed by atoms with van der Waals surface area (Å²) in [4.78, 5) is 14.3. The van der Waals surface area contributed by atoms with Gasteiger partial charge >= 0.3 is 0 Å². The fourth-order valence-electron chi connectivity index (χ4n) is 2.63. The molecule has 1 atom stereocenters. The van der Waals surface area contributed by atoms with Crippen LogP contribution in [0.1, 0.15) is 19.3 Å². The summed E-state index contributed by atoms with van der Waals surface area (Å²) in [5, 5.41) is 15.1. The van der Waals surface area contributed by atoms with Gasteiger partial charge in [0.15, 0.2) is 0 Å². The summed E-state index contributed by atoms with van der Waals surface area (Å²) in [6.07, 6.45) is 8.37. The van der Waals surface area contributed by atoms with Gasteiger partial charge in [-0.2, -0.15) is 5.10 Å². The van der Waals surface area contributed by atoms with Crippen molar-refractivity contribution >= 4 is 5.91 Å². The van der Waals surface area contributed by atoms with Crippen LogP contribution in [0, 0.1) is 0 Å². The smallest absolute Gasteiger partial charge is 0.244 e. The molecule has 1 unspecified atom stereocenters. The van der Waals surface area contributed by atoms with E-state index in [0.717, 1.165) is 32.4 Å². The molecule has 1 aliphatic heterocycles. The fourth-order valence-corrected chi connectivity index (χ4v) is 2.63. The lowest BCUT2D eigenvalue weighted by Gasteiger charge is -2.35. The summed E-state index contributed by atoms with van der Waals surface area (Å²) in [6, 6.07) is 2.10. The SMILES string of the molecule is O=C(Cn1cnnn1)N1CCCCC1Cn1cccn1. The third-order valence-corrected chi connectivity index (χ3v) is 3.59. The van der Waals surface area contributed by atoms with Gasteiger partial charge in [0.1, 0.15) is 12.9 Å². The molecular formula is C12H17N7O. The Balaban J connectivity index is 1.66. The van der Waals surface area contributed by atoms with Crippen LogP contribution in [0.4, 0.5) is 0 Å². The maximum atomic E-state index is 12.4. The quantitative estimate of drug-likeness (QED) is 0.781. The Kier molecular flexibility index (Phi) is 3.71. The minimum atomic E-state index is 0.0640. The maximum absolute atomic E-state index is 12.4. The van der Waals surface area contributed by atoms with Gasteiger partial charge < -0.3 is 4.90 Å². The average Bonchev–Trinajstić information content (AvgIpc) is 3.13. The van der Waals surface area contributed by atoms with Gasteiger partial charge in [-0.3, -0.25) is 9.48 Å². The second-order valence-electron chi connectivity index (χ2n) is 4.97. The molecule has 20 heavy (non-hydrogen) atoms. The van der Waals surface area contributed by atoms with Crippen molar-refractivity contribution in [2.24, 2.45) is 0 Å². The van der Waals surface area contributed by atoms with Gasteiger partial charge in [-0.15, -0.1) is 5.10 Å². The Morgan fingerprint density at radius 2 is 2.25 bits per heavy atom. The summed E-state index contributed by atoms with van der Waals surface area (Å²) in [7, 11) is 0. The van der Waals surface area contributed by atoms with Gasteiger partial charge in [0, 0.05) is 18.9 Å². The number of hydrogen-bond donors (Lipinski definition) is 0. The van der Waals surface area contributed by atoms with Gasteiger partial charge in [-0.05, 0) is 35.8 Å². The molecule has 3 rings (SSSR count). The maximum Gasteiger partial charge on any atom is 0.244 e. The molecule has 1 aliphatic rings. The second kappa shape index (κ2) is 5.81. The van der Waals surface area contributed by atoms with E-state index in [4.69, 9.17) is 0 Å². The Hall–Kier alpha value is -2.25. The molecule has 8 heteroatoms. The van der Waals surface area contributed by atoms with Gasteiger partial charge in [-0.25, -0.2) is 4.68 Å². The number of amides is 1. The number of aromatic nitrogens is 6. The van der Waals surface area contributed by atoms with E-state index in [1.54, 1.807) is 6.20 Å². The molecule has 106 valence electrons. The van der Waals surface area contributed by atoms with Crippen LogP contribution in [0.2, 0.25) is 0 Å². The first-order chi connectivity index (χ1) is 9.83. The lowest BCUT2D eigenvalue weighted by Crippen LogP contribution is -2.47. The zero-order valence-corrected chi connectivity index (χ0v) is 11.2. The average molecular weight is 275 g/mol. The topological polar surface area (TPSA) is 81.7 Å². The van der Waals surface area contributed by atoms with E-state index in [9.17, 15) is 4.79 Å². The van der Waals surface area contributed by atoms with E-state index >= 15 is 0 Å². The van der Waals surface area contributed by atoms with Gasteiger partial charge in [-0.1, -0.05) is 0 Å². The highest BCUT2D eigenvalue weighted by Crippen LogP contribution is 2.18. The highest BCUT2D eigenvalue weighted by Gasteiger charge is 2.27. The lowest BCUT2D eigenvalue weighted by atomic mass is 10.0. The molecule has 0 radical (unpaired) electrons. The molecule has 0 aliphatic carbocycles. The number of carbonyl (C=O) groups excluding carboxylic acids is 1. The van der Waals surface area contributed by atoms with E-state index in [2.05, 4.69) is 20.6 Å². The third-order valence-electron chi connectivity index (χ3n) is 3.59. The Morgan fingerprint density at radius 3 is 3.00 bits per heavy atom. The monoisotopic (exact) mass is 275 g/mol. The highest BCUT2D eigenvalue weighted by atomic mass is 16.2.